The minimum Gasteiger partial charge on any atom is -0.495 e. The fraction of sp³-hybridized carbons (Fsp3) is 0.333. The van der Waals surface area contributed by atoms with Crippen molar-refractivity contribution in [2.75, 3.05) is 43.0 Å². The number of rotatable bonds is 7. The summed E-state index contributed by atoms with van der Waals surface area (Å²) in [5.41, 5.74) is 0.882. The third-order valence-corrected chi connectivity index (χ3v) is 6.12. The van der Waals surface area contributed by atoms with E-state index in [-0.39, 0.29) is 46.2 Å². The van der Waals surface area contributed by atoms with E-state index in [1.165, 1.54) is 25.2 Å². The van der Waals surface area contributed by atoms with E-state index < -0.39 is 6.03 Å². The summed E-state index contributed by atoms with van der Waals surface area (Å²) in [6, 6.07) is 0.529. The second-order valence-electron chi connectivity index (χ2n) is 7.45. The standard InChI is InChI=1S/C21H22Cl2N6O5/c1-4-15(30)25-11-8-34-9-12(11)26-20-24-6-10-7-29(21(31)28-19(10)27-20)18-16(22)13(32-2)5-14(33-3)17(18)23/h4-6,11-12H,1,7-9H2,2-3H3,(H,25,30)(H2,24,26,27,28,31). The number of ether oxygens (including phenoxy) is 3. The van der Waals surface area contributed by atoms with Crippen LogP contribution in [-0.2, 0) is 16.1 Å². The zero-order valence-electron chi connectivity index (χ0n) is 18.4. The molecule has 1 saturated heterocycles. The first-order valence-electron chi connectivity index (χ1n) is 10.2. The summed E-state index contributed by atoms with van der Waals surface area (Å²) in [5, 5.41) is 9.01. The third-order valence-electron chi connectivity index (χ3n) is 5.39. The Labute approximate surface area is 205 Å². The number of carbonyl (C=O) groups excluding carboxylic acids is 2. The molecule has 0 aliphatic carbocycles. The van der Waals surface area contributed by atoms with E-state index in [0.29, 0.717) is 36.1 Å². The predicted molar refractivity (Wildman–Crippen MR) is 127 cm³/mol. The van der Waals surface area contributed by atoms with Gasteiger partial charge >= 0.3 is 6.03 Å². The molecular weight excluding hydrogens is 487 g/mol. The molecule has 11 nitrogen and oxygen atoms in total. The molecular formula is C21H22Cl2N6O5. The van der Waals surface area contributed by atoms with Gasteiger partial charge in [0.2, 0.25) is 11.9 Å². The minimum atomic E-state index is -0.489. The molecule has 0 bridgehead atoms. The van der Waals surface area contributed by atoms with Crippen molar-refractivity contribution in [1.29, 1.82) is 0 Å². The smallest absolute Gasteiger partial charge is 0.327 e. The van der Waals surface area contributed by atoms with Crippen LogP contribution in [0.2, 0.25) is 10.0 Å². The van der Waals surface area contributed by atoms with Gasteiger partial charge < -0.3 is 24.8 Å². The molecule has 3 heterocycles. The number of nitrogens with zero attached hydrogens (tertiary/aromatic N) is 3. The number of aromatic nitrogens is 2. The van der Waals surface area contributed by atoms with E-state index >= 15 is 0 Å². The molecule has 3 amide bonds. The van der Waals surface area contributed by atoms with Crippen LogP contribution in [0.4, 0.5) is 22.2 Å². The van der Waals surface area contributed by atoms with Crippen molar-refractivity contribution in [3.8, 4) is 11.5 Å². The number of anilines is 3. The van der Waals surface area contributed by atoms with E-state index in [9.17, 15) is 9.59 Å². The second-order valence-corrected chi connectivity index (χ2v) is 8.20. The van der Waals surface area contributed by atoms with E-state index in [1.807, 2.05) is 0 Å². The van der Waals surface area contributed by atoms with Crippen LogP contribution in [0.25, 0.3) is 0 Å². The van der Waals surface area contributed by atoms with Crippen molar-refractivity contribution in [3.63, 3.8) is 0 Å². The summed E-state index contributed by atoms with van der Waals surface area (Å²) in [6.07, 6.45) is 2.78. The first-order chi connectivity index (χ1) is 16.4. The van der Waals surface area contributed by atoms with Crippen molar-refractivity contribution in [2.45, 2.75) is 18.6 Å². The van der Waals surface area contributed by atoms with Gasteiger partial charge in [0.05, 0.1) is 51.7 Å². The monoisotopic (exact) mass is 508 g/mol. The number of hydrogen-bond acceptors (Lipinski definition) is 8. The molecule has 1 aromatic carbocycles. The van der Waals surface area contributed by atoms with Gasteiger partial charge in [0.15, 0.2) is 0 Å². The molecule has 0 spiro atoms. The minimum absolute atomic E-state index is 0.113. The Bertz CT molecular complexity index is 1120. The maximum absolute atomic E-state index is 13.0. The fourth-order valence-corrected chi connectivity index (χ4v) is 4.35. The van der Waals surface area contributed by atoms with Crippen LogP contribution in [0, 0.1) is 0 Å². The predicted octanol–water partition coefficient (Wildman–Crippen LogP) is 2.83. The Morgan fingerprint density at radius 2 is 1.94 bits per heavy atom. The zero-order valence-corrected chi connectivity index (χ0v) is 19.9. The largest absolute Gasteiger partial charge is 0.495 e. The number of urea groups is 1. The molecule has 0 saturated carbocycles. The summed E-state index contributed by atoms with van der Waals surface area (Å²) >= 11 is 12.9. The van der Waals surface area contributed by atoms with Crippen molar-refractivity contribution in [2.24, 2.45) is 0 Å². The summed E-state index contributed by atoms with van der Waals surface area (Å²) in [7, 11) is 2.91. The van der Waals surface area contributed by atoms with Gasteiger partial charge in [-0.3, -0.25) is 15.0 Å². The van der Waals surface area contributed by atoms with Crippen LogP contribution in [-0.4, -0.2) is 61.4 Å². The van der Waals surface area contributed by atoms with Crippen LogP contribution >= 0.6 is 23.2 Å². The van der Waals surface area contributed by atoms with Crippen LogP contribution in [0.5, 0.6) is 11.5 Å². The highest BCUT2D eigenvalue weighted by Gasteiger charge is 2.33. The molecule has 1 aromatic heterocycles. The average molecular weight is 509 g/mol. The van der Waals surface area contributed by atoms with Crippen LogP contribution in [0.15, 0.2) is 24.9 Å². The summed E-state index contributed by atoms with van der Waals surface area (Å²) in [6.45, 7) is 4.27. The van der Waals surface area contributed by atoms with Crippen molar-refractivity contribution < 1.29 is 23.8 Å². The maximum Gasteiger partial charge on any atom is 0.327 e. The number of carbonyl (C=O) groups is 2. The summed E-state index contributed by atoms with van der Waals surface area (Å²) in [4.78, 5) is 34.7. The number of benzene rings is 1. The molecule has 1 fully saturated rings. The number of halogens is 2. The molecule has 2 aromatic rings. The third kappa shape index (κ3) is 4.54. The lowest BCUT2D eigenvalue weighted by Gasteiger charge is -2.31. The normalized spacial score (nSPS) is 19.2. The Kier molecular flexibility index (Phi) is 6.96. The first kappa shape index (κ1) is 23.9. The Balaban J connectivity index is 1.57. The fourth-order valence-electron chi connectivity index (χ4n) is 3.65. The SMILES string of the molecule is C=CC(=O)NC1COCC1Nc1ncc2c(n1)NC(=O)N(c1c(Cl)c(OC)cc(OC)c1Cl)C2. The lowest BCUT2D eigenvalue weighted by Crippen LogP contribution is -2.45. The molecule has 2 unspecified atom stereocenters. The van der Waals surface area contributed by atoms with Gasteiger partial charge in [0.25, 0.3) is 0 Å². The number of methoxy groups -OCH3 is 2. The molecule has 0 radical (unpaired) electrons. The Morgan fingerprint density at radius 3 is 2.59 bits per heavy atom. The first-order valence-corrected chi connectivity index (χ1v) is 10.9. The van der Waals surface area contributed by atoms with E-state index in [1.54, 1.807) is 12.3 Å². The summed E-state index contributed by atoms with van der Waals surface area (Å²) in [5.74, 6) is 0.937. The zero-order chi connectivity index (χ0) is 24.4. The number of hydrogen-bond donors (Lipinski definition) is 3. The van der Waals surface area contributed by atoms with Crippen molar-refractivity contribution in [1.82, 2.24) is 15.3 Å². The number of fused-ring (bicyclic) bond motifs is 1. The van der Waals surface area contributed by atoms with Gasteiger partial charge in [-0.1, -0.05) is 29.8 Å². The lowest BCUT2D eigenvalue weighted by molar-refractivity contribution is -0.117. The highest BCUT2D eigenvalue weighted by Crippen LogP contribution is 2.47. The van der Waals surface area contributed by atoms with E-state index in [2.05, 4.69) is 32.5 Å². The topological polar surface area (TPSA) is 127 Å². The van der Waals surface area contributed by atoms with Gasteiger partial charge in [0.1, 0.15) is 27.4 Å². The van der Waals surface area contributed by atoms with Crippen molar-refractivity contribution >= 4 is 52.6 Å². The number of amides is 3. The van der Waals surface area contributed by atoms with Gasteiger partial charge in [-0.2, -0.15) is 4.98 Å². The van der Waals surface area contributed by atoms with Crippen molar-refractivity contribution in [3.05, 3.63) is 40.5 Å². The molecule has 13 heteroatoms. The van der Waals surface area contributed by atoms with Crippen LogP contribution < -0.4 is 30.3 Å². The quantitative estimate of drug-likeness (QED) is 0.487. The number of nitrogens with one attached hydrogen (secondary N) is 3. The Hall–Kier alpha value is -3.28. The van der Waals surface area contributed by atoms with Crippen LogP contribution in [0.3, 0.4) is 0 Å². The van der Waals surface area contributed by atoms with Gasteiger partial charge in [-0.25, -0.2) is 9.78 Å². The van der Waals surface area contributed by atoms with E-state index in [4.69, 9.17) is 37.4 Å². The molecule has 4 rings (SSSR count). The Morgan fingerprint density at radius 1 is 1.26 bits per heavy atom. The highest BCUT2D eigenvalue weighted by molar-refractivity contribution is 6.42. The molecule has 2 aliphatic rings. The van der Waals surface area contributed by atoms with Gasteiger partial charge in [-0.05, 0) is 6.08 Å². The second kappa shape index (κ2) is 9.92. The molecule has 2 atom stereocenters. The van der Waals surface area contributed by atoms with Gasteiger partial charge in [0, 0.05) is 17.8 Å². The van der Waals surface area contributed by atoms with Gasteiger partial charge in [-0.15, -0.1) is 0 Å². The molecule has 180 valence electrons. The highest BCUT2D eigenvalue weighted by atomic mass is 35.5. The molecule has 3 N–H and O–H groups in total. The molecule has 2 aliphatic heterocycles. The lowest BCUT2D eigenvalue weighted by atomic mass is 10.1. The average Bonchev–Trinajstić information content (AvgIpc) is 3.25. The molecule has 34 heavy (non-hydrogen) atoms. The van der Waals surface area contributed by atoms with E-state index in [0.717, 1.165) is 0 Å². The maximum atomic E-state index is 13.0. The van der Waals surface area contributed by atoms with Crippen LogP contribution in [0.1, 0.15) is 5.56 Å². The summed E-state index contributed by atoms with van der Waals surface area (Å²) < 4.78 is 16.0.